The third-order valence-electron chi connectivity index (χ3n) is 3.38. The zero-order valence-corrected chi connectivity index (χ0v) is 15.5. The van der Waals surface area contributed by atoms with E-state index in [0.717, 1.165) is 43.7 Å². The Hall–Kier alpha value is -0.850. The third-order valence-corrected chi connectivity index (χ3v) is 4.78. The van der Waals surface area contributed by atoms with Crippen LogP contribution in [0.3, 0.4) is 0 Å². The van der Waals surface area contributed by atoms with Gasteiger partial charge in [0.1, 0.15) is 11.3 Å². The first-order valence-corrected chi connectivity index (χ1v) is 8.63. The average molecular weight is 433 g/mol. The lowest BCUT2D eigenvalue weighted by Gasteiger charge is -2.11. The summed E-state index contributed by atoms with van der Waals surface area (Å²) in [5, 5.41) is 4.55. The van der Waals surface area contributed by atoms with Crippen molar-refractivity contribution in [2.24, 2.45) is 7.05 Å². The van der Waals surface area contributed by atoms with Gasteiger partial charge < -0.3 is 0 Å². The highest BCUT2D eigenvalue weighted by Gasteiger charge is 2.20. The van der Waals surface area contributed by atoms with Crippen molar-refractivity contribution < 1.29 is 0 Å². The van der Waals surface area contributed by atoms with Gasteiger partial charge in [0.25, 0.3) is 0 Å². The third kappa shape index (κ3) is 2.43. The highest BCUT2D eigenvalue weighted by atomic mass is 79.9. The van der Waals surface area contributed by atoms with E-state index >= 15 is 0 Å². The molecule has 0 fully saturated rings. The van der Waals surface area contributed by atoms with Crippen LogP contribution in [0.5, 0.6) is 0 Å². The van der Waals surface area contributed by atoms with Gasteiger partial charge in [0.05, 0.1) is 17.3 Å². The fraction of sp³-hybridized carbons (Fsp3) is 0.286. The summed E-state index contributed by atoms with van der Waals surface area (Å²) < 4.78 is 5.91. The van der Waals surface area contributed by atoms with Gasteiger partial charge in [0, 0.05) is 16.0 Å². The Morgan fingerprint density at radius 1 is 1.29 bits per heavy atom. The van der Waals surface area contributed by atoms with Crippen molar-refractivity contribution in [2.45, 2.75) is 19.2 Å². The molecule has 0 aliphatic carbocycles. The first-order valence-electron chi connectivity index (χ1n) is 6.51. The molecule has 0 N–H and O–H groups in total. The Morgan fingerprint density at radius 3 is 2.71 bits per heavy atom. The van der Waals surface area contributed by atoms with E-state index in [9.17, 15) is 0 Å². The van der Waals surface area contributed by atoms with Crippen molar-refractivity contribution in [3.8, 4) is 5.69 Å². The molecule has 0 unspecified atom stereocenters. The summed E-state index contributed by atoms with van der Waals surface area (Å²) in [5.74, 6) is 1.16. The van der Waals surface area contributed by atoms with E-state index in [1.165, 1.54) is 0 Å². The molecule has 0 radical (unpaired) electrons. The lowest BCUT2D eigenvalue weighted by molar-refractivity contribution is 0.744. The average Bonchev–Trinajstić information content (AvgIpc) is 2.99. The molecule has 7 heteroatoms. The number of hydrogen-bond acceptors (Lipinski definition) is 2. The van der Waals surface area contributed by atoms with Gasteiger partial charge in [-0.1, -0.05) is 22.9 Å². The highest BCUT2D eigenvalue weighted by molar-refractivity contribution is 9.11. The molecular weight excluding hydrogens is 419 g/mol. The van der Waals surface area contributed by atoms with Crippen LogP contribution >= 0.6 is 43.5 Å². The number of hydrogen-bond donors (Lipinski definition) is 0. The van der Waals surface area contributed by atoms with Gasteiger partial charge in [-0.25, -0.2) is 9.67 Å². The predicted molar refractivity (Wildman–Crippen MR) is 92.2 cm³/mol. The van der Waals surface area contributed by atoms with Crippen molar-refractivity contribution >= 4 is 54.6 Å². The number of aryl methyl sites for hydroxylation is 2. The zero-order chi connectivity index (χ0) is 15.1. The normalized spacial score (nSPS) is 11.5. The van der Waals surface area contributed by atoms with Gasteiger partial charge in [-0.3, -0.25) is 4.57 Å². The molecule has 0 saturated heterocycles. The highest BCUT2D eigenvalue weighted by Crippen LogP contribution is 2.31. The molecule has 0 spiro atoms. The first-order chi connectivity index (χ1) is 10.1. The molecule has 2 aromatic heterocycles. The minimum atomic E-state index is 0.344. The Kier molecular flexibility index (Phi) is 4.12. The number of imidazole rings is 1. The molecule has 21 heavy (non-hydrogen) atoms. The van der Waals surface area contributed by atoms with Crippen LogP contribution in [0.2, 0.25) is 0 Å². The molecule has 2 heterocycles. The SMILES string of the molecule is CCc1nn(C)c2c1nc(CCl)n2-c1cc(Br)ccc1Br. The van der Waals surface area contributed by atoms with Crippen molar-refractivity contribution in [1.29, 1.82) is 0 Å². The fourth-order valence-electron chi connectivity index (χ4n) is 2.46. The molecule has 0 aliphatic heterocycles. The Bertz CT molecular complexity index is 822. The van der Waals surface area contributed by atoms with Gasteiger partial charge in [-0.05, 0) is 40.5 Å². The van der Waals surface area contributed by atoms with Crippen LogP contribution in [0.15, 0.2) is 27.1 Å². The molecule has 0 atom stereocenters. The molecular formula is C14H13Br2ClN4. The lowest BCUT2D eigenvalue weighted by Crippen LogP contribution is -2.05. The van der Waals surface area contributed by atoms with Crippen LogP contribution in [0.4, 0.5) is 0 Å². The molecule has 0 bridgehead atoms. The van der Waals surface area contributed by atoms with Crippen LogP contribution in [-0.4, -0.2) is 19.3 Å². The number of halogens is 3. The van der Waals surface area contributed by atoms with E-state index in [1.54, 1.807) is 0 Å². The summed E-state index contributed by atoms with van der Waals surface area (Å²) in [6.07, 6.45) is 0.843. The minimum Gasteiger partial charge on any atom is -0.279 e. The monoisotopic (exact) mass is 430 g/mol. The first kappa shape index (κ1) is 15.1. The second-order valence-corrected chi connectivity index (χ2v) is 6.73. The summed E-state index contributed by atoms with van der Waals surface area (Å²) in [6.45, 7) is 2.08. The van der Waals surface area contributed by atoms with E-state index < -0.39 is 0 Å². The summed E-state index contributed by atoms with van der Waals surface area (Å²) in [5.41, 5.74) is 3.86. The molecule has 0 amide bonds. The summed E-state index contributed by atoms with van der Waals surface area (Å²) >= 11 is 13.2. The molecule has 0 saturated carbocycles. The van der Waals surface area contributed by atoms with Gasteiger partial charge in [-0.2, -0.15) is 5.10 Å². The number of alkyl halides is 1. The van der Waals surface area contributed by atoms with E-state index in [0.29, 0.717) is 5.88 Å². The number of fused-ring (bicyclic) bond motifs is 1. The molecule has 4 nitrogen and oxygen atoms in total. The van der Waals surface area contributed by atoms with Crippen molar-refractivity contribution in [1.82, 2.24) is 19.3 Å². The van der Waals surface area contributed by atoms with Crippen LogP contribution in [0.25, 0.3) is 16.9 Å². The smallest absolute Gasteiger partial charge is 0.163 e. The lowest BCUT2D eigenvalue weighted by atomic mass is 10.3. The maximum Gasteiger partial charge on any atom is 0.163 e. The van der Waals surface area contributed by atoms with E-state index in [4.69, 9.17) is 11.6 Å². The van der Waals surface area contributed by atoms with Crippen LogP contribution < -0.4 is 0 Å². The fourth-order valence-corrected chi connectivity index (χ4v) is 3.41. The number of aromatic nitrogens is 4. The largest absolute Gasteiger partial charge is 0.279 e. The van der Waals surface area contributed by atoms with Crippen molar-refractivity contribution in [2.75, 3.05) is 0 Å². The minimum absolute atomic E-state index is 0.344. The van der Waals surface area contributed by atoms with E-state index in [2.05, 4.69) is 53.4 Å². The number of nitrogens with zero attached hydrogens (tertiary/aromatic N) is 4. The van der Waals surface area contributed by atoms with Crippen LogP contribution in [0, 0.1) is 0 Å². The van der Waals surface area contributed by atoms with Gasteiger partial charge in [0.15, 0.2) is 5.65 Å². The molecule has 0 aliphatic rings. The summed E-state index contributed by atoms with van der Waals surface area (Å²) in [7, 11) is 1.93. The quantitative estimate of drug-likeness (QED) is 0.568. The maximum absolute atomic E-state index is 6.11. The van der Waals surface area contributed by atoms with Gasteiger partial charge >= 0.3 is 0 Å². The zero-order valence-electron chi connectivity index (χ0n) is 11.6. The van der Waals surface area contributed by atoms with Crippen molar-refractivity contribution in [3.05, 3.63) is 38.7 Å². The Labute approximate surface area is 144 Å². The maximum atomic E-state index is 6.11. The summed E-state index contributed by atoms with van der Waals surface area (Å²) in [6, 6.07) is 6.03. The molecule has 3 rings (SSSR count). The van der Waals surface area contributed by atoms with E-state index in [1.807, 2.05) is 29.9 Å². The number of benzene rings is 1. The van der Waals surface area contributed by atoms with Crippen molar-refractivity contribution in [3.63, 3.8) is 0 Å². The molecule has 110 valence electrons. The number of rotatable bonds is 3. The molecule has 3 aromatic rings. The van der Waals surface area contributed by atoms with Crippen LogP contribution in [0.1, 0.15) is 18.4 Å². The van der Waals surface area contributed by atoms with Crippen LogP contribution in [-0.2, 0) is 19.3 Å². The topological polar surface area (TPSA) is 35.6 Å². The standard InChI is InChI=1S/C14H13Br2ClN4/c1-3-10-13-14(20(2)19-10)21(12(7-17)18-13)11-6-8(15)4-5-9(11)16/h4-6H,3,7H2,1-2H3. The predicted octanol–water partition coefficient (Wildman–Crippen LogP) is 4.59. The van der Waals surface area contributed by atoms with Gasteiger partial charge in [-0.15, -0.1) is 11.6 Å². The Morgan fingerprint density at radius 2 is 2.05 bits per heavy atom. The van der Waals surface area contributed by atoms with Gasteiger partial charge in [0.2, 0.25) is 0 Å². The Balaban J connectivity index is 2.40. The summed E-state index contributed by atoms with van der Waals surface area (Å²) in [4.78, 5) is 4.68. The van der Waals surface area contributed by atoms with E-state index in [-0.39, 0.29) is 0 Å². The molecule has 1 aromatic carbocycles. The second-order valence-electron chi connectivity index (χ2n) is 4.69. The second kappa shape index (κ2) is 5.74.